The minimum Gasteiger partial charge on any atom is -0.481 e. The molecular weight excluding hydrogens is 418 g/mol. The van der Waals surface area contributed by atoms with Gasteiger partial charge in [0.15, 0.2) is 5.13 Å². The van der Waals surface area contributed by atoms with Crippen LogP contribution in [0.1, 0.15) is 30.9 Å². The first-order valence-corrected chi connectivity index (χ1v) is 11.6. The molecular formula is C23H26ClN3O2S. The Hall–Kier alpha value is -2.15. The van der Waals surface area contributed by atoms with Gasteiger partial charge in [0.05, 0.1) is 16.6 Å². The Kier molecular flexibility index (Phi) is 6.56. The van der Waals surface area contributed by atoms with Crippen molar-refractivity contribution in [3.05, 3.63) is 58.6 Å². The molecule has 0 unspecified atom stereocenters. The standard InChI is InChI=1S/C23H26ClN3O2S/c1-2-4-19-15-26(14-17-6-3-5-16(11-17)12-22(28)29)9-10-27(19)23-25-20-8-7-18(24)13-21(20)30-23/h3,5-8,11,13,19H,2,4,9-10,12,14-15H2,1H3,(H,28,29)/t19-/m1/s1. The number of hydrogen-bond acceptors (Lipinski definition) is 5. The van der Waals surface area contributed by atoms with E-state index in [0.29, 0.717) is 6.04 Å². The average molecular weight is 444 g/mol. The maximum Gasteiger partial charge on any atom is 0.307 e. The van der Waals surface area contributed by atoms with Gasteiger partial charge in [0.25, 0.3) is 0 Å². The van der Waals surface area contributed by atoms with Gasteiger partial charge >= 0.3 is 5.97 Å². The number of carboxylic acid groups (broad SMARTS) is 1. The molecule has 158 valence electrons. The van der Waals surface area contributed by atoms with Gasteiger partial charge in [0.2, 0.25) is 0 Å². The topological polar surface area (TPSA) is 56.7 Å². The maximum absolute atomic E-state index is 11.0. The predicted octanol–water partition coefficient (Wildman–Crippen LogP) is 5.07. The number of rotatable bonds is 7. The Bertz CT molecular complexity index is 1040. The van der Waals surface area contributed by atoms with E-state index in [4.69, 9.17) is 21.7 Å². The number of hydrogen-bond donors (Lipinski definition) is 1. The number of carbonyl (C=O) groups is 1. The molecule has 0 amide bonds. The quantitative estimate of drug-likeness (QED) is 0.552. The highest BCUT2D eigenvalue weighted by Gasteiger charge is 2.28. The lowest BCUT2D eigenvalue weighted by molar-refractivity contribution is -0.136. The van der Waals surface area contributed by atoms with Crippen molar-refractivity contribution in [3.63, 3.8) is 0 Å². The number of halogens is 1. The summed E-state index contributed by atoms with van der Waals surface area (Å²) in [6.07, 6.45) is 2.31. The highest BCUT2D eigenvalue weighted by molar-refractivity contribution is 7.22. The van der Waals surface area contributed by atoms with Gasteiger partial charge in [-0.15, -0.1) is 0 Å². The summed E-state index contributed by atoms with van der Waals surface area (Å²) < 4.78 is 1.13. The summed E-state index contributed by atoms with van der Waals surface area (Å²) in [6.45, 7) is 5.95. The van der Waals surface area contributed by atoms with Crippen LogP contribution in [0.5, 0.6) is 0 Å². The van der Waals surface area contributed by atoms with E-state index >= 15 is 0 Å². The lowest BCUT2D eigenvalue weighted by atomic mass is 10.0. The van der Waals surface area contributed by atoms with Gasteiger partial charge in [-0.05, 0) is 35.7 Å². The van der Waals surface area contributed by atoms with Gasteiger partial charge in [-0.2, -0.15) is 0 Å². The van der Waals surface area contributed by atoms with Crippen LogP contribution in [0, 0.1) is 0 Å². The van der Waals surface area contributed by atoms with Crippen LogP contribution in [0.3, 0.4) is 0 Å². The molecule has 1 aliphatic heterocycles. The number of carboxylic acids is 1. The smallest absolute Gasteiger partial charge is 0.307 e. The molecule has 0 bridgehead atoms. The number of aliphatic carboxylic acids is 1. The fourth-order valence-electron chi connectivity index (χ4n) is 4.18. The van der Waals surface area contributed by atoms with E-state index in [-0.39, 0.29) is 6.42 Å². The maximum atomic E-state index is 11.0. The number of fused-ring (bicyclic) bond motifs is 1. The van der Waals surface area contributed by atoms with Crippen LogP contribution in [0.2, 0.25) is 5.02 Å². The zero-order valence-corrected chi connectivity index (χ0v) is 18.6. The molecule has 1 aliphatic rings. The largest absolute Gasteiger partial charge is 0.481 e. The monoisotopic (exact) mass is 443 g/mol. The number of aromatic nitrogens is 1. The van der Waals surface area contributed by atoms with E-state index in [0.717, 1.165) is 65.0 Å². The summed E-state index contributed by atoms with van der Waals surface area (Å²) in [5.41, 5.74) is 3.04. The molecule has 0 saturated carbocycles. The summed E-state index contributed by atoms with van der Waals surface area (Å²) in [4.78, 5) is 20.8. The molecule has 1 aromatic heterocycles. The van der Waals surface area contributed by atoms with Crippen LogP contribution in [0.15, 0.2) is 42.5 Å². The number of benzene rings is 2. The van der Waals surface area contributed by atoms with Crippen LogP contribution in [0.4, 0.5) is 5.13 Å². The van der Waals surface area contributed by atoms with E-state index in [2.05, 4.69) is 22.8 Å². The minimum atomic E-state index is -0.791. The van der Waals surface area contributed by atoms with Gasteiger partial charge in [-0.3, -0.25) is 9.69 Å². The van der Waals surface area contributed by atoms with E-state index in [1.54, 1.807) is 11.3 Å². The molecule has 2 aromatic carbocycles. The first kappa shape index (κ1) is 21.1. The molecule has 2 heterocycles. The van der Waals surface area contributed by atoms with Crippen LogP contribution in [-0.4, -0.2) is 46.6 Å². The zero-order chi connectivity index (χ0) is 21.1. The third-order valence-corrected chi connectivity index (χ3v) is 6.82. The number of anilines is 1. The van der Waals surface area contributed by atoms with Crippen LogP contribution >= 0.6 is 22.9 Å². The van der Waals surface area contributed by atoms with Gasteiger partial charge in [-0.25, -0.2) is 4.98 Å². The Morgan fingerprint density at radius 1 is 1.23 bits per heavy atom. The van der Waals surface area contributed by atoms with E-state index in [1.165, 1.54) is 5.56 Å². The van der Waals surface area contributed by atoms with Crippen molar-refractivity contribution in [2.24, 2.45) is 0 Å². The van der Waals surface area contributed by atoms with E-state index < -0.39 is 5.97 Å². The SMILES string of the molecule is CCC[C@@H]1CN(Cc2cccc(CC(=O)O)c2)CCN1c1nc2ccc(Cl)cc2s1. The van der Waals surface area contributed by atoms with Crippen LogP contribution in [-0.2, 0) is 17.8 Å². The summed E-state index contributed by atoms with van der Waals surface area (Å²) in [6, 6.07) is 14.3. The van der Waals surface area contributed by atoms with Crippen molar-refractivity contribution in [2.75, 3.05) is 24.5 Å². The first-order valence-electron chi connectivity index (χ1n) is 10.4. The molecule has 7 heteroatoms. The van der Waals surface area contributed by atoms with Gasteiger partial charge in [0.1, 0.15) is 0 Å². The number of thiazole rings is 1. The van der Waals surface area contributed by atoms with Crippen molar-refractivity contribution in [1.29, 1.82) is 0 Å². The molecule has 0 aliphatic carbocycles. The summed E-state index contributed by atoms with van der Waals surface area (Å²) in [5, 5.41) is 10.9. The summed E-state index contributed by atoms with van der Waals surface area (Å²) in [5.74, 6) is -0.791. The minimum absolute atomic E-state index is 0.0711. The third-order valence-electron chi connectivity index (χ3n) is 5.53. The predicted molar refractivity (Wildman–Crippen MR) is 124 cm³/mol. The van der Waals surface area contributed by atoms with Gasteiger partial charge in [0, 0.05) is 37.2 Å². The van der Waals surface area contributed by atoms with Gasteiger partial charge in [-0.1, -0.05) is 60.5 Å². The Balaban J connectivity index is 1.48. The highest BCUT2D eigenvalue weighted by Crippen LogP contribution is 2.33. The molecule has 1 saturated heterocycles. The van der Waals surface area contributed by atoms with E-state index in [1.807, 2.05) is 36.4 Å². The number of nitrogens with zero attached hydrogens (tertiary/aromatic N) is 3. The Morgan fingerprint density at radius 3 is 2.87 bits per heavy atom. The van der Waals surface area contributed by atoms with Crippen molar-refractivity contribution < 1.29 is 9.90 Å². The molecule has 4 rings (SSSR count). The second-order valence-corrected chi connectivity index (χ2v) is 9.32. The van der Waals surface area contributed by atoms with Crippen molar-refractivity contribution in [1.82, 2.24) is 9.88 Å². The lowest BCUT2D eigenvalue weighted by Crippen LogP contribution is -2.52. The lowest BCUT2D eigenvalue weighted by Gasteiger charge is -2.41. The highest BCUT2D eigenvalue weighted by atomic mass is 35.5. The zero-order valence-electron chi connectivity index (χ0n) is 17.1. The van der Waals surface area contributed by atoms with E-state index in [9.17, 15) is 4.79 Å². The molecule has 1 atom stereocenters. The molecule has 1 N–H and O–H groups in total. The normalized spacial score (nSPS) is 17.5. The van der Waals surface area contributed by atoms with Crippen molar-refractivity contribution >= 4 is 44.3 Å². The first-order chi connectivity index (χ1) is 14.5. The Labute approximate surface area is 185 Å². The second-order valence-electron chi connectivity index (χ2n) is 7.87. The van der Waals surface area contributed by atoms with Crippen molar-refractivity contribution in [3.8, 4) is 0 Å². The second kappa shape index (κ2) is 9.33. The molecule has 3 aromatic rings. The summed E-state index contributed by atoms with van der Waals surface area (Å²) in [7, 11) is 0. The average Bonchev–Trinajstić information content (AvgIpc) is 3.11. The third kappa shape index (κ3) is 4.94. The molecule has 1 fully saturated rings. The van der Waals surface area contributed by atoms with Crippen LogP contribution < -0.4 is 4.90 Å². The number of piperazine rings is 1. The fourth-order valence-corrected chi connectivity index (χ4v) is 5.51. The molecule has 5 nitrogen and oxygen atoms in total. The van der Waals surface area contributed by atoms with Crippen molar-refractivity contribution in [2.45, 2.75) is 38.8 Å². The summed E-state index contributed by atoms with van der Waals surface area (Å²) >= 11 is 7.87. The molecule has 0 radical (unpaired) electrons. The Morgan fingerprint density at radius 2 is 2.07 bits per heavy atom. The molecule has 0 spiro atoms. The van der Waals surface area contributed by atoms with Crippen LogP contribution in [0.25, 0.3) is 10.2 Å². The fraction of sp³-hybridized carbons (Fsp3) is 0.391. The molecule has 30 heavy (non-hydrogen) atoms. The van der Waals surface area contributed by atoms with Gasteiger partial charge < -0.3 is 10.0 Å².